The average Bonchev–Trinajstić information content (AvgIpc) is 3.58. The minimum atomic E-state index is -0.501. The lowest BCUT2D eigenvalue weighted by molar-refractivity contribution is -0.0356. The molecule has 2 aromatic heterocycles. The Morgan fingerprint density at radius 2 is 1.79 bits per heavy atom. The van der Waals surface area contributed by atoms with Crippen molar-refractivity contribution in [1.82, 2.24) is 18.8 Å². The summed E-state index contributed by atoms with van der Waals surface area (Å²) < 4.78 is 18.0. The maximum atomic E-state index is 14.1. The van der Waals surface area contributed by atoms with Gasteiger partial charge in [0.2, 0.25) is 6.29 Å². The molecule has 39 heavy (non-hydrogen) atoms. The molecule has 0 saturated carbocycles. The van der Waals surface area contributed by atoms with Gasteiger partial charge in [0, 0.05) is 23.0 Å². The summed E-state index contributed by atoms with van der Waals surface area (Å²) in [4.78, 5) is 35.4. The first-order valence-corrected chi connectivity index (χ1v) is 14.3. The molecule has 0 spiro atoms. The van der Waals surface area contributed by atoms with Gasteiger partial charge in [-0.25, -0.2) is 4.98 Å². The van der Waals surface area contributed by atoms with Crippen molar-refractivity contribution in [3.8, 4) is 0 Å². The van der Waals surface area contributed by atoms with Crippen molar-refractivity contribution in [2.24, 2.45) is 5.92 Å². The molecule has 1 unspecified atom stereocenters. The number of fused-ring (bicyclic) bond motifs is 1. The summed E-state index contributed by atoms with van der Waals surface area (Å²) in [6, 6.07) is 16.6. The number of amides is 1. The van der Waals surface area contributed by atoms with Gasteiger partial charge in [-0.05, 0) is 54.2 Å². The van der Waals surface area contributed by atoms with E-state index in [4.69, 9.17) is 14.5 Å². The maximum absolute atomic E-state index is 14.1. The highest BCUT2D eigenvalue weighted by Crippen LogP contribution is 2.32. The lowest BCUT2D eigenvalue weighted by Crippen LogP contribution is -2.42. The number of halogens is 1. The largest absolute Gasteiger partial charge is 0.459 e. The SMILES string of the molecule is Cc1nsc2nc(C(C(C)C)N(CCC3OC=CO3)C(=O)c3ccc(Br)cc3)n(Cc3ccccc3)c(=O)c12. The molecule has 0 radical (unpaired) electrons. The van der Waals surface area contributed by atoms with Crippen LogP contribution in [0.3, 0.4) is 0 Å². The van der Waals surface area contributed by atoms with Crippen molar-refractivity contribution in [3.63, 3.8) is 0 Å². The quantitative estimate of drug-likeness (QED) is 0.230. The molecule has 1 atom stereocenters. The van der Waals surface area contributed by atoms with Crippen LogP contribution in [-0.2, 0) is 16.0 Å². The van der Waals surface area contributed by atoms with Crippen LogP contribution in [0.4, 0.5) is 0 Å². The number of ether oxygens (including phenoxy) is 2. The number of aromatic nitrogens is 3. The van der Waals surface area contributed by atoms with E-state index >= 15 is 0 Å². The van der Waals surface area contributed by atoms with Gasteiger partial charge >= 0.3 is 0 Å². The molecule has 2 aromatic carbocycles. The molecule has 1 amide bonds. The van der Waals surface area contributed by atoms with Gasteiger partial charge in [0.05, 0.1) is 23.7 Å². The van der Waals surface area contributed by atoms with Crippen molar-refractivity contribution in [1.29, 1.82) is 0 Å². The summed E-state index contributed by atoms with van der Waals surface area (Å²) in [7, 11) is 0. The van der Waals surface area contributed by atoms with Crippen LogP contribution in [0.15, 0.2) is 76.4 Å². The van der Waals surface area contributed by atoms with Crippen LogP contribution < -0.4 is 5.56 Å². The van der Waals surface area contributed by atoms with Crippen molar-refractivity contribution in [3.05, 3.63) is 105 Å². The highest BCUT2D eigenvalue weighted by Gasteiger charge is 2.34. The van der Waals surface area contributed by atoms with Crippen molar-refractivity contribution >= 4 is 43.6 Å². The molecule has 0 bridgehead atoms. The molecule has 202 valence electrons. The van der Waals surface area contributed by atoms with E-state index in [1.54, 1.807) is 21.6 Å². The van der Waals surface area contributed by atoms with E-state index in [2.05, 4.69) is 20.3 Å². The van der Waals surface area contributed by atoms with Crippen molar-refractivity contribution < 1.29 is 14.3 Å². The molecule has 5 rings (SSSR count). The Bertz CT molecular complexity index is 1540. The molecule has 1 aliphatic heterocycles. The van der Waals surface area contributed by atoms with Gasteiger partial charge in [-0.2, -0.15) is 4.37 Å². The first kappa shape index (κ1) is 27.1. The normalized spacial score (nSPS) is 14.0. The maximum Gasteiger partial charge on any atom is 0.264 e. The average molecular weight is 610 g/mol. The van der Waals surface area contributed by atoms with E-state index < -0.39 is 12.3 Å². The Balaban J connectivity index is 1.64. The Morgan fingerprint density at radius 1 is 1.10 bits per heavy atom. The number of nitrogens with zero attached hydrogens (tertiary/aromatic N) is 4. The fourth-order valence-electron chi connectivity index (χ4n) is 4.80. The third kappa shape index (κ3) is 5.77. The van der Waals surface area contributed by atoms with Gasteiger partial charge in [0.25, 0.3) is 11.5 Å². The summed E-state index contributed by atoms with van der Waals surface area (Å²) in [6.45, 7) is 6.57. The Labute approximate surface area is 239 Å². The number of carbonyl (C=O) groups is 1. The zero-order valence-corrected chi connectivity index (χ0v) is 24.3. The third-order valence-electron chi connectivity index (χ3n) is 6.69. The molecule has 0 saturated heterocycles. The third-order valence-corrected chi connectivity index (χ3v) is 8.05. The van der Waals surface area contributed by atoms with Crippen LogP contribution in [0.2, 0.25) is 0 Å². The molecule has 10 heteroatoms. The number of hydrogen-bond acceptors (Lipinski definition) is 7. The lowest BCUT2D eigenvalue weighted by atomic mass is 9.99. The van der Waals surface area contributed by atoms with Crippen molar-refractivity contribution in [2.45, 2.75) is 46.1 Å². The Morgan fingerprint density at radius 3 is 2.46 bits per heavy atom. The smallest absolute Gasteiger partial charge is 0.264 e. The first-order chi connectivity index (χ1) is 18.8. The van der Waals surface area contributed by atoms with Crippen molar-refractivity contribution in [2.75, 3.05) is 6.54 Å². The fraction of sp³-hybridized carbons (Fsp3) is 0.310. The van der Waals surface area contributed by atoms with E-state index in [1.165, 1.54) is 24.1 Å². The van der Waals surface area contributed by atoms with E-state index in [0.29, 0.717) is 46.8 Å². The predicted molar refractivity (Wildman–Crippen MR) is 154 cm³/mol. The number of rotatable bonds is 9. The minimum absolute atomic E-state index is 0.0617. The molecule has 4 aromatic rings. The highest BCUT2D eigenvalue weighted by molar-refractivity contribution is 9.10. The highest BCUT2D eigenvalue weighted by atomic mass is 79.9. The molecule has 8 nitrogen and oxygen atoms in total. The van der Waals surface area contributed by atoms with E-state index in [9.17, 15) is 9.59 Å². The summed E-state index contributed by atoms with van der Waals surface area (Å²) in [5.74, 6) is 0.313. The summed E-state index contributed by atoms with van der Waals surface area (Å²) in [6.07, 6.45) is 2.97. The second-order valence-electron chi connectivity index (χ2n) is 9.75. The first-order valence-electron chi connectivity index (χ1n) is 12.8. The molecule has 3 heterocycles. The predicted octanol–water partition coefficient (Wildman–Crippen LogP) is 6.05. The van der Waals surface area contributed by atoms with Gasteiger partial charge in [-0.15, -0.1) is 0 Å². The second-order valence-corrected chi connectivity index (χ2v) is 11.4. The summed E-state index contributed by atoms with van der Waals surface area (Å²) >= 11 is 4.66. The molecule has 0 aliphatic carbocycles. The fourth-order valence-corrected chi connectivity index (χ4v) is 5.84. The monoisotopic (exact) mass is 608 g/mol. The van der Waals surface area contributed by atoms with Crippen LogP contribution >= 0.6 is 27.5 Å². The van der Waals surface area contributed by atoms with Gasteiger partial charge in [-0.1, -0.05) is 60.1 Å². The van der Waals surface area contributed by atoms with Crippen LogP contribution in [0, 0.1) is 12.8 Å². The number of hydrogen-bond donors (Lipinski definition) is 0. The van der Waals surface area contributed by atoms with Gasteiger partial charge < -0.3 is 14.4 Å². The molecule has 0 fully saturated rings. The van der Waals surface area contributed by atoms with E-state index in [0.717, 1.165) is 10.0 Å². The van der Waals surface area contributed by atoms with E-state index in [1.807, 2.05) is 63.2 Å². The molecular formula is C29H29BrN4O4S. The number of benzene rings is 2. The van der Waals surface area contributed by atoms with Gasteiger partial charge in [0.1, 0.15) is 18.3 Å². The van der Waals surface area contributed by atoms with Crippen LogP contribution in [0.1, 0.15) is 53.7 Å². The zero-order valence-electron chi connectivity index (χ0n) is 21.9. The van der Waals surface area contributed by atoms with Gasteiger partial charge in [-0.3, -0.25) is 14.2 Å². The number of carbonyl (C=O) groups excluding carboxylic acids is 1. The molecular weight excluding hydrogens is 580 g/mol. The van der Waals surface area contributed by atoms with Crippen LogP contribution in [0.5, 0.6) is 0 Å². The Kier molecular flexibility index (Phi) is 8.13. The lowest BCUT2D eigenvalue weighted by Gasteiger charge is -2.35. The van der Waals surface area contributed by atoms with E-state index in [-0.39, 0.29) is 17.4 Å². The standard InChI is InChI=1S/C29H29BrN4O4S/c1-18(2)25(33(14-13-23-37-15-16-38-23)28(35)21-9-11-22(30)12-10-21)26-31-27-24(19(3)32-39-27)29(36)34(26)17-20-7-5-4-6-8-20/h4-12,15-16,18,23,25H,13-14,17H2,1-3H3. The van der Waals surface area contributed by atoms with Crippen LogP contribution in [-0.4, -0.2) is 37.6 Å². The molecule has 1 aliphatic rings. The molecule has 0 N–H and O–H groups in total. The minimum Gasteiger partial charge on any atom is -0.459 e. The van der Waals surface area contributed by atoms with Gasteiger partial charge in [0.15, 0.2) is 4.83 Å². The Hall–Kier alpha value is -3.50. The topological polar surface area (TPSA) is 86.6 Å². The van der Waals surface area contributed by atoms with Crippen LogP contribution in [0.25, 0.3) is 10.2 Å². The summed E-state index contributed by atoms with van der Waals surface area (Å²) in [5, 5.41) is 0.520. The second kappa shape index (κ2) is 11.7. The summed E-state index contributed by atoms with van der Waals surface area (Å²) in [5.41, 5.74) is 2.02. The number of aryl methyl sites for hydroxylation is 1. The zero-order chi connectivity index (χ0) is 27.5.